The summed E-state index contributed by atoms with van der Waals surface area (Å²) in [4.78, 5) is 4.28. The second-order valence-corrected chi connectivity index (χ2v) is 5.75. The highest BCUT2D eigenvalue weighted by Gasteiger charge is 2.18. The SMILES string of the molecule is Cn1ncnc1SC1CCc2ccccc2NC1. The van der Waals surface area contributed by atoms with Gasteiger partial charge in [-0.15, -0.1) is 0 Å². The van der Waals surface area contributed by atoms with Crippen LogP contribution in [-0.4, -0.2) is 26.6 Å². The van der Waals surface area contributed by atoms with Gasteiger partial charge >= 0.3 is 0 Å². The molecule has 94 valence electrons. The Hall–Kier alpha value is -1.49. The molecule has 0 aliphatic carbocycles. The smallest absolute Gasteiger partial charge is 0.186 e. The van der Waals surface area contributed by atoms with E-state index in [1.807, 2.05) is 23.5 Å². The summed E-state index contributed by atoms with van der Waals surface area (Å²) in [5, 5.41) is 9.17. The van der Waals surface area contributed by atoms with Crippen LogP contribution in [0.25, 0.3) is 0 Å². The van der Waals surface area contributed by atoms with Crippen LogP contribution >= 0.6 is 11.8 Å². The minimum Gasteiger partial charge on any atom is -0.384 e. The predicted molar refractivity (Wildman–Crippen MR) is 73.9 cm³/mol. The number of aromatic nitrogens is 3. The summed E-state index contributed by atoms with van der Waals surface area (Å²) in [6, 6.07) is 8.56. The van der Waals surface area contributed by atoms with Crippen LogP contribution in [0.1, 0.15) is 12.0 Å². The van der Waals surface area contributed by atoms with Gasteiger partial charge in [0.1, 0.15) is 6.33 Å². The first-order valence-corrected chi connectivity index (χ1v) is 7.03. The van der Waals surface area contributed by atoms with Crippen LogP contribution in [0.4, 0.5) is 5.69 Å². The van der Waals surface area contributed by atoms with Crippen LogP contribution in [0.3, 0.4) is 0 Å². The standard InChI is InChI=1S/C13H16N4S/c1-17-13(15-9-16-17)18-11-7-6-10-4-2-3-5-12(10)14-8-11/h2-5,9,11,14H,6-8H2,1H3. The summed E-state index contributed by atoms with van der Waals surface area (Å²) in [6.07, 6.45) is 3.90. The molecular formula is C13H16N4S. The molecule has 0 spiro atoms. The van der Waals surface area contributed by atoms with E-state index >= 15 is 0 Å². The van der Waals surface area contributed by atoms with E-state index in [0.717, 1.165) is 18.1 Å². The van der Waals surface area contributed by atoms with E-state index in [4.69, 9.17) is 0 Å². The average Bonchev–Trinajstić information content (AvgIpc) is 2.68. The summed E-state index contributed by atoms with van der Waals surface area (Å²) < 4.78 is 1.84. The number of rotatable bonds is 2. The number of para-hydroxylation sites is 1. The molecule has 1 aromatic heterocycles. The van der Waals surface area contributed by atoms with E-state index in [0.29, 0.717) is 5.25 Å². The number of nitrogens with zero attached hydrogens (tertiary/aromatic N) is 3. The molecule has 3 rings (SSSR count). The van der Waals surface area contributed by atoms with Gasteiger partial charge in [0, 0.05) is 24.5 Å². The van der Waals surface area contributed by atoms with Crippen LogP contribution in [0, 0.1) is 0 Å². The topological polar surface area (TPSA) is 42.7 Å². The van der Waals surface area contributed by atoms with Crippen LogP contribution in [0.15, 0.2) is 35.7 Å². The van der Waals surface area contributed by atoms with Crippen molar-refractivity contribution >= 4 is 17.4 Å². The third kappa shape index (κ3) is 2.36. The Morgan fingerprint density at radius 2 is 2.28 bits per heavy atom. The van der Waals surface area contributed by atoms with E-state index in [9.17, 15) is 0 Å². The minimum absolute atomic E-state index is 0.542. The second kappa shape index (κ2) is 5.02. The Balaban J connectivity index is 1.70. The summed E-state index contributed by atoms with van der Waals surface area (Å²) in [6.45, 7) is 0.981. The maximum Gasteiger partial charge on any atom is 0.186 e. The molecular weight excluding hydrogens is 244 g/mol. The molecule has 0 bridgehead atoms. The summed E-state index contributed by atoms with van der Waals surface area (Å²) in [5.74, 6) is 0. The monoisotopic (exact) mass is 260 g/mol. The third-order valence-electron chi connectivity index (χ3n) is 3.22. The zero-order chi connectivity index (χ0) is 12.4. The van der Waals surface area contributed by atoms with E-state index in [1.165, 1.54) is 17.7 Å². The van der Waals surface area contributed by atoms with Gasteiger partial charge in [0.2, 0.25) is 0 Å². The van der Waals surface area contributed by atoms with Crippen molar-refractivity contribution in [2.45, 2.75) is 23.2 Å². The van der Waals surface area contributed by atoms with Gasteiger partial charge in [0.25, 0.3) is 0 Å². The normalized spacial score (nSPS) is 18.8. The van der Waals surface area contributed by atoms with Crippen molar-refractivity contribution in [1.29, 1.82) is 0 Å². The molecule has 1 atom stereocenters. The van der Waals surface area contributed by atoms with Crippen molar-refractivity contribution in [2.75, 3.05) is 11.9 Å². The number of thioether (sulfide) groups is 1. The highest BCUT2D eigenvalue weighted by Crippen LogP contribution is 2.29. The Kier molecular flexibility index (Phi) is 3.23. The third-order valence-corrected chi connectivity index (χ3v) is 4.53. The minimum atomic E-state index is 0.542. The maximum absolute atomic E-state index is 4.28. The Labute approximate surface area is 111 Å². The van der Waals surface area contributed by atoms with Crippen molar-refractivity contribution in [1.82, 2.24) is 14.8 Å². The molecule has 1 aliphatic heterocycles. The largest absolute Gasteiger partial charge is 0.384 e. The fourth-order valence-corrected chi connectivity index (χ4v) is 3.20. The summed E-state index contributed by atoms with van der Waals surface area (Å²) in [5.41, 5.74) is 2.69. The maximum atomic E-state index is 4.28. The first kappa shape index (κ1) is 11.6. The number of nitrogens with one attached hydrogen (secondary N) is 1. The lowest BCUT2D eigenvalue weighted by Crippen LogP contribution is -2.15. The summed E-state index contributed by atoms with van der Waals surface area (Å²) >= 11 is 1.81. The lowest BCUT2D eigenvalue weighted by molar-refractivity contribution is 0.680. The zero-order valence-electron chi connectivity index (χ0n) is 10.3. The first-order chi connectivity index (χ1) is 8.83. The average molecular weight is 260 g/mol. The fraction of sp³-hybridized carbons (Fsp3) is 0.385. The van der Waals surface area contributed by atoms with Gasteiger partial charge in [0.05, 0.1) is 0 Å². The molecule has 4 nitrogen and oxygen atoms in total. The first-order valence-electron chi connectivity index (χ1n) is 6.15. The number of fused-ring (bicyclic) bond motifs is 1. The van der Waals surface area contributed by atoms with Crippen molar-refractivity contribution < 1.29 is 0 Å². The van der Waals surface area contributed by atoms with Gasteiger partial charge in [-0.2, -0.15) is 5.10 Å². The van der Waals surface area contributed by atoms with Gasteiger partial charge in [-0.3, -0.25) is 0 Å². The van der Waals surface area contributed by atoms with Crippen LogP contribution in [0.2, 0.25) is 0 Å². The molecule has 1 N–H and O–H groups in total. The molecule has 5 heteroatoms. The lowest BCUT2D eigenvalue weighted by atomic mass is 10.1. The van der Waals surface area contributed by atoms with Crippen molar-refractivity contribution in [2.24, 2.45) is 7.05 Å². The van der Waals surface area contributed by atoms with Crippen LogP contribution in [-0.2, 0) is 13.5 Å². The molecule has 1 unspecified atom stereocenters. The van der Waals surface area contributed by atoms with Crippen molar-refractivity contribution in [3.05, 3.63) is 36.2 Å². The Morgan fingerprint density at radius 3 is 3.11 bits per heavy atom. The molecule has 0 radical (unpaired) electrons. The number of benzene rings is 1. The number of hydrogen-bond acceptors (Lipinski definition) is 4. The van der Waals surface area contributed by atoms with Crippen LogP contribution in [0.5, 0.6) is 0 Å². The molecule has 0 saturated heterocycles. The van der Waals surface area contributed by atoms with Gasteiger partial charge in [0.15, 0.2) is 5.16 Å². The second-order valence-electron chi connectivity index (χ2n) is 4.48. The number of anilines is 1. The van der Waals surface area contributed by atoms with Gasteiger partial charge in [-0.25, -0.2) is 9.67 Å². The number of hydrogen-bond donors (Lipinski definition) is 1. The van der Waals surface area contributed by atoms with Gasteiger partial charge < -0.3 is 5.32 Å². The van der Waals surface area contributed by atoms with Crippen molar-refractivity contribution in [3.8, 4) is 0 Å². The lowest BCUT2D eigenvalue weighted by Gasteiger charge is -2.13. The Morgan fingerprint density at radius 1 is 1.39 bits per heavy atom. The quantitative estimate of drug-likeness (QED) is 0.900. The molecule has 0 saturated carbocycles. The highest BCUT2D eigenvalue weighted by molar-refractivity contribution is 7.99. The molecule has 2 heterocycles. The van der Waals surface area contributed by atoms with Crippen molar-refractivity contribution in [3.63, 3.8) is 0 Å². The van der Waals surface area contributed by atoms with E-state index < -0.39 is 0 Å². The van der Waals surface area contributed by atoms with Crippen LogP contribution < -0.4 is 5.32 Å². The molecule has 18 heavy (non-hydrogen) atoms. The predicted octanol–water partition coefficient (Wildman–Crippen LogP) is 2.33. The molecule has 2 aromatic rings. The van der Waals surface area contributed by atoms with E-state index in [-0.39, 0.29) is 0 Å². The van der Waals surface area contributed by atoms with E-state index in [2.05, 4.69) is 39.7 Å². The summed E-state index contributed by atoms with van der Waals surface area (Å²) in [7, 11) is 1.94. The number of aryl methyl sites for hydroxylation is 2. The highest BCUT2D eigenvalue weighted by atomic mass is 32.2. The van der Waals surface area contributed by atoms with Gasteiger partial charge in [-0.05, 0) is 24.5 Å². The molecule has 0 amide bonds. The van der Waals surface area contributed by atoms with Gasteiger partial charge in [-0.1, -0.05) is 30.0 Å². The zero-order valence-corrected chi connectivity index (χ0v) is 11.2. The van der Waals surface area contributed by atoms with E-state index in [1.54, 1.807) is 6.33 Å². The fourth-order valence-electron chi connectivity index (χ4n) is 2.20. The molecule has 1 aromatic carbocycles. The molecule has 0 fully saturated rings. The molecule has 1 aliphatic rings. The Bertz CT molecular complexity index is 510.